The van der Waals surface area contributed by atoms with Crippen molar-refractivity contribution in [2.45, 2.75) is 4.90 Å². The molecule has 0 saturated carbocycles. The maximum Gasteiger partial charge on any atom is 0.256 e. The summed E-state index contributed by atoms with van der Waals surface area (Å²) in [7, 11) is 0. The Kier molecular flexibility index (Phi) is 4.79. The number of rotatable bonds is 2. The van der Waals surface area contributed by atoms with Gasteiger partial charge in [0.2, 0.25) is 0 Å². The number of amides is 1. The van der Waals surface area contributed by atoms with Crippen molar-refractivity contribution in [3.63, 3.8) is 0 Å². The van der Waals surface area contributed by atoms with E-state index in [1.54, 1.807) is 36.4 Å². The average Bonchev–Trinajstić information content (AvgIpc) is 2.33. The van der Waals surface area contributed by atoms with Crippen LogP contribution in [0.2, 0.25) is 10.0 Å². The van der Waals surface area contributed by atoms with E-state index in [1.165, 1.54) is 0 Å². The number of benzene rings is 2. The second-order valence-electron chi connectivity index (χ2n) is 3.74. The van der Waals surface area contributed by atoms with Gasteiger partial charge in [-0.1, -0.05) is 39.1 Å². The van der Waals surface area contributed by atoms with Crippen molar-refractivity contribution in [2.75, 3.05) is 5.32 Å². The molecule has 0 aliphatic rings. The lowest BCUT2D eigenvalue weighted by Crippen LogP contribution is -2.13. The van der Waals surface area contributed by atoms with Crippen LogP contribution in [0.4, 0.5) is 5.69 Å². The summed E-state index contributed by atoms with van der Waals surface area (Å²) in [6, 6.07) is 10.1. The van der Waals surface area contributed by atoms with Gasteiger partial charge in [0.1, 0.15) is 0 Å². The van der Waals surface area contributed by atoms with Gasteiger partial charge in [0.15, 0.2) is 0 Å². The molecular weight excluding hydrogens is 369 g/mol. The second kappa shape index (κ2) is 6.18. The third kappa shape index (κ3) is 3.66. The smallest absolute Gasteiger partial charge is 0.256 e. The molecule has 2 rings (SSSR count). The van der Waals surface area contributed by atoms with E-state index in [1.807, 2.05) is 0 Å². The molecule has 0 aromatic heterocycles. The number of hydrogen-bond donors (Lipinski definition) is 2. The molecule has 0 aliphatic carbocycles. The van der Waals surface area contributed by atoms with E-state index in [0.29, 0.717) is 26.2 Å². The normalized spacial score (nSPS) is 10.3. The molecule has 0 atom stereocenters. The summed E-state index contributed by atoms with van der Waals surface area (Å²) >= 11 is 19.4. The molecule has 1 N–H and O–H groups in total. The number of thiol groups is 1. The Labute approximate surface area is 134 Å². The molecule has 2 aromatic rings. The standard InChI is InChI=1S/C13H8BrCl2NOS/c14-7-1-3-9(12(19)5-7)13(18)17-11-6-8(15)2-4-10(11)16/h1-6,19H,(H,17,18). The highest BCUT2D eigenvalue weighted by Crippen LogP contribution is 2.27. The van der Waals surface area contributed by atoms with Crippen LogP contribution in [-0.4, -0.2) is 5.91 Å². The Morgan fingerprint density at radius 1 is 1.16 bits per heavy atom. The van der Waals surface area contributed by atoms with Gasteiger partial charge in [-0.15, -0.1) is 12.6 Å². The van der Waals surface area contributed by atoms with Crippen LogP contribution >= 0.6 is 51.8 Å². The lowest BCUT2D eigenvalue weighted by Gasteiger charge is -2.09. The molecule has 19 heavy (non-hydrogen) atoms. The summed E-state index contributed by atoms with van der Waals surface area (Å²) in [5.41, 5.74) is 0.928. The van der Waals surface area contributed by atoms with E-state index >= 15 is 0 Å². The summed E-state index contributed by atoms with van der Waals surface area (Å²) in [5, 5.41) is 3.64. The van der Waals surface area contributed by atoms with Gasteiger partial charge < -0.3 is 5.32 Å². The van der Waals surface area contributed by atoms with Crippen molar-refractivity contribution in [1.29, 1.82) is 0 Å². The predicted molar refractivity (Wildman–Crippen MR) is 85.8 cm³/mol. The van der Waals surface area contributed by atoms with Gasteiger partial charge in [-0.25, -0.2) is 0 Å². The number of anilines is 1. The predicted octanol–water partition coefficient (Wildman–Crippen LogP) is 5.30. The molecule has 0 heterocycles. The van der Waals surface area contributed by atoms with Gasteiger partial charge in [-0.2, -0.15) is 0 Å². The Bertz CT molecular complexity index is 649. The molecule has 0 radical (unpaired) electrons. The van der Waals surface area contributed by atoms with Crippen molar-refractivity contribution < 1.29 is 4.79 Å². The first-order valence-corrected chi connectivity index (χ1v) is 7.22. The number of carbonyl (C=O) groups excluding carboxylic acids is 1. The zero-order valence-corrected chi connectivity index (χ0v) is 13.4. The molecule has 2 aromatic carbocycles. The number of hydrogen-bond acceptors (Lipinski definition) is 2. The highest BCUT2D eigenvalue weighted by Gasteiger charge is 2.12. The zero-order chi connectivity index (χ0) is 14.0. The topological polar surface area (TPSA) is 29.1 Å². The molecule has 0 saturated heterocycles. The van der Waals surface area contributed by atoms with Crippen molar-refractivity contribution in [1.82, 2.24) is 0 Å². The van der Waals surface area contributed by atoms with Crippen LogP contribution in [0.1, 0.15) is 10.4 Å². The second-order valence-corrected chi connectivity index (χ2v) is 5.98. The zero-order valence-electron chi connectivity index (χ0n) is 9.45. The third-order valence-electron chi connectivity index (χ3n) is 2.38. The molecule has 0 fully saturated rings. The first kappa shape index (κ1) is 14.7. The van der Waals surface area contributed by atoms with Gasteiger partial charge in [-0.05, 0) is 36.4 Å². The molecule has 2 nitrogen and oxygen atoms in total. The highest BCUT2D eigenvalue weighted by molar-refractivity contribution is 9.10. The minimum Gasteiger partial charge on any atom is -0.321 e. The van der Waals surface area contributed by atoms with Gasteiger partial charge in [0.05, 0.1) is 16.3 Å². The minimum atomic E-state index is -0.290. The van der Waals surface area contributed by atoms with E-state index in [0.717, 1.165) is 4.47 Å². The Hall–Kier alpha value is -0.680. The van der Waals surface area contributed by atoms with Gasteiger partial charge >= 0.3 is 0 Å². The quantitative estimate of drug-likeness (QED) is 0.684. The molecular formula is C13H8BrCl2NOS. The lowest BCUT2D eigenvalue weighted by molar-refractivity contribution is 0.102. The van der Waals surface area contributed by atoms with Crippen molar-refractivity contribution in [3.05, 3.63) is 56.5 Å². The van der Waals surface area contributed by atoms with Crippen molar-refractivity contribution in [2.24, 2.45) is 0 Å². The molecule has 98 valence electrons. The summed E-state index contributed by atoms with van der Waals surface area (Å²) in [5.74, 6) is -0.290. The number of halogens is 3. The van der Waals surface area contributed by atoms with Gasteiger partial charge in [0.25, 0.3) is 5.91 Å². The Balaban J connectivity index is 2.28. The van der Waals surface area contributed by atoms with Crippen LogP contribution in [0, 0.1) is 0 Å². The maximum atomic E-state index is 12.1. The highest BCUT2D eigenvalue weighted by atomic mass is 79.9. The fourth-order valence-electron chi connectivity index (χ4n) is 1.48. The van der Waals surface area contributed by atoms with E-state index < -0.39 is 0 Å². The van der Waals surface area contributed by atoms with Crippen LogP contribution < -0.4 is 5.32 Å². The van der Waals surface area contributed by atoms with Gasteiger partial charge in [-0.3, -0.25) is 4.79 Å². The fourth-order valence-corrected chi connectivity index (χ4v) is 2.67. The number of nitrogens with one attached hydrogen (secondary N) is 1. The SMILES string of the molecule is O=C(Nc1cc(Cl)ccc1Cl)c1ccc(Br)cc1S. The summed E-state index contributed by atoms with van der Waals surface area (Å²) in [6.45, 7) is 0. The molecule has 0 unspecified atom stereocenters. The average molecular weight is 377 g/mol. The first-order valence-electron chi connectivity index (χ1n) is 5.22. The van der Waals surface area contributed by atoms with Crippen LogP contribution in [-0.2, 0) is 0 Å². The molecule has 0 bridgehead atoms. The Morgan fingerprint density at radius 2 is 1.89 bits per heavy atom. The largest absolute Gasteiger partial charge is 0.321 e. The van der Waals surface area contributed by atoms with Crippen LogP contribution in [0.15, 0.2) is 45.8 Å². The molecule has 6 heteroatoms. The minimum absolute atomic E-state index is 0.290. The maximum absolute atomic E-state index is 12.1. The van der Waals surface area contributed by atoms with Crippen molar-refractivity contribution >= 4 is 63.4 Å². The van der Waals surface area contributed by atoms with Gasteiger partial charge in [0, 0.05) is 14.4 Å². The first-order chi connectivity index (χ1) is 8.97. The van der Waals surface area contributed by atoms with E-state index in [4.69, 9.17) is 23.2 Å². The monoisotopic (exact) mass is 375 g/mol. The summed E-state index contributed by atoms with van der Waals surface area (Å²) < 4.78 is 0.856. The van der Waals surface area contributed by atoms with E-state index in [2.05, 4.69) is 33.9 Å². The van der Waals surface area contributed by atoms with E-state index in [9.17, 15) is 4.79 Å². The summed E-state index contributed by atoms with van der Waals surface area (Å²) in [4.78, 5) is 12.7. The van der Waals surface area contributed by atoms with Crippen LogP contribution in [0.25, 0.3) is 0 Å². The van der Waals surface area contributed by atoms with Crippen LogP contribution in [0.5, 0.6) is 0 Å². The summed E-state index contributed by atoms with van der Waals surface area (Å²) in [6.07, 6.45) is 0. The fraction of sp³-hybridized carbons (Fsp3) is 0. The van der Waals surface area contributed by atoms with Crippen LogP contribution in [0.3, 0.4) is 0 Å². The van der Waals surface area contributed by atoms with E-state index in [-0.39, 0.29) is 5.91 Å². The van der Waals surface area contributed by atoms with Crippen molar-refractivity contribution in [3.8, 4) is 0 Å². The molecule has 0 spiro atoms. The Morgan fingerprint density at radius 3 is 2.58 bits per heavy atom. The molecule has 0 aliphatic heterocycles. The third-order valence-corrected chi connectivity index (χ3v) is 3.81. The lowest BCUT2D eigenvalue weighted by atomic mass is 10.2. The number of carbonyl (C=O) groups is 1. The molecule has 1 amide bonds.